The van der Waals surface area contributed by atoms with Gasteiger partial charge >= 0.3 is 11.9 Å². The summed E-state index contributed by atoms with van der Waals surface area (Å²) in [7, 11) is 0. The maximum atomic E-state index is 11.5. The molecule has 0 saturated carbocycles. The third-order valence-electron chi connectivity index (χ3n) is 2.49. The first-order valence-electron chi connectivity index (χ1n) is 6.25. The van der Waals surface area contributed by atoms with Crippen LogP contribution in [-0.2, 0) is 25.7 Å². The Bertz CT molecular complexity index is 405. The summed E-state index contributed by atoms with van der Waals surface area (Å²) in [5.74, 6) is -0.859. The van der Waals surface area contributed by atoms with E-state index in [-0.39, 0.29) is 32.0 Å². The van der Waals surface area contributed by atoms with E-state index in [0.29, 0.717) is 0 Å². The van der Waals surface area contributed by atoms with Crippen LogP contribution in [0.5, 0.6) is 0 Å². The third-order valence-corrected chi connectivity index (χ3v) is 2.49. The fraction of sp³-hybridized carbons (Fsp3) is 0.429. The first kappa shape index (κ1) is 15.2. The van der Waals surface area contributed by atoms with Crippen LogP contribution in [0.3, 0.4) is 0 Å². The number of esters is 2. The molecule has 1 atom stereocenters. The minimum Gasteiger partial charge on any atom is -0.465 e. The molecule has 5 heteroatoms. The van der Waals surface area contributed by atoms with Crippen molar-refractivity contribution < 1.29 is 19.1 Å². The van der Waals surface area contributed by atoms with Crippen molar-refractivity contribution in [3.05, 3.63) is 35.9 Å². The largest absolute Gasteiger partial charge is 0.465 e. The van der Waals surface area contributed by atoms with E-state index in [9.17, 15) is 9.59 Å². The maximum Gasteiger partial charge on any atom is 0.322 e. The van der Waals surface area contributed by atoms with Gasteiger partial charge in [0.15, 0.2) is 0 Å². The summed E-state index contributed by atoms with van der Waals surface area (Å²) < 4.78 is 9.82. The normalized spacial score (nSPS) is 11.7. The van der Waals surface area contributed by atoms with Gasteiger partial charge in [0, 0.05) is 6.42 Å². The van der Waals surface area contributed by atoms with E-state index in [4.69, 9.17) is 15.2 Å². The molecule has 1 aromatic carbocycles. The van der Waals surface area contributed by atoms with Gasteiger partial charge < -0.3 is 15.2 Å². The van der Waals surface area contributed by atoms with Gasteiger partial charge in [0.2, 0.25) is 0 Å². The average Bonchev–Trinajstić information content (AvgIpc) is 2.43. The zero-order valence-corrected chi connectivity index (χ0v) is 11.0. The average molecular weight is 265 g/mol. The number of rotatable bonds is 7. The van der Waals surface area contributed by atoms with E-state index >= 15 is 0 Å². The van der Waals surface area contributed by atoms with Crippen LogP contribution in [-0.4, -0.2) is 24.6 Å². The molecule has 2 N–H and O–H groups in total. The van der Waals surface area contributed by atoms with Gasteiger partial charge in [0.05, 0.1) is 6.61 Å². The van der Waals surface area contributed by atoms with Crippen LogP contribution in [0.1, 0.15) is 25.3 Å². The summed E-state index contributed by atoms with van der Waals surface area (Å²) in [4.78, 5) is 22.7. The van der Waals surface area contributed by atoms with Crippen LogP contribution in [0.4, 0.5) is 0 Å². The molecule has 0 bridgehead atoms. The lowest BCUT2D eigenvalue weighted by Crippen LogP contribution is -2.32. The summed E-state index contributed by atoms with van der Waals surface area (Å²) in [6.45, 7) is 2.22. The maximum absolute atomic E-state index is 11.5. The second kappa shape index (κ2) is 8.26. The topological polar surface area (TPSA) is 78.6 Å². The Hall–Kier alpha value is -1.88. The molecular weight excluding hydrogens is 246 g/mol. The van der Waals surface area contributed by atoms with E-state index in [0.717, 1.165) is 5.56 Å². The number of carbonyl (C=O) groups is 2. The molecule has 1 rings (SSSR count). The van der Waals surface area contributed by atoms with E-state index in [1.807, 2.05) is 30.3 Å². The number of benzene rings is 1. The first-order valence-corrected chi connectivity index (χ1v) is 6.25. The van der Waals surface area contributed by atoms with Crippen molar-refractivity contribution in [3.8, 4) is 0 Å². The monoisotopic (exact) mass is 265 g/mol. The highest BCUT2D eigenvalue weighted by Gasteiger charge is 2.16. The summed E-state index contributed by atoms with van der Waals surface area (Å²) in [5.41, 5.74) is 6.50. The molecule has 0 saturated heterocycles. The lowest BCUT2D eigenvalue weighted by molar-refractivity contribution is -0.147. The number of nitrogens with two attached hydrogens (primary N) is 1. The van der Waals surface area contributed by atoms with Gasteiger partial charge in [-0.25, -0.2) is 0 Å². The fourth-order valence-corrected chi connectivity index (χ4v) is 1.45. The van der Waals surface area contributed by atoms with Gasteiger partial charge in [-0.2, -0.15) is 0 Å². The number of carbonyl (C=O) groups excluding carboxylic acids is 2. The second-order valence-electron chi connectivity index (χ2n) is 4.04. The number of hydrogen-bond acceptors (Lipinski definition) is 5. The molecule has 19 heavy (non-hydrogen) atoms. The Morgan fingerprint density at radius 3 is 2.53 bits per heavy atom. The second-order valence-corrected chi connectivity index (χ2v) is 4.04. The van der Waals surface area contributed by atoms with Crippen molar-refractivity contribution in [2.24, 2.45) is 5.73 Å². The zero-order valence-electron chi connectivity index (χ0n) is 11.0. The van der Waals surface area contributed by atoms with Crippen molar-refractivity contribution in [2.75, 3.05) is 6.61 Å². The molecule has 104 valence electrons. The summed E-state index contributed by atoms with van der Waals surface area (Å²) in [6, 6.07) is 8.61. The van der Waals surface area contributed by atoms with Crippen LogP contribution in [0.2, 0.25) is 0 Å². The van der Waals surface area contributed by atoms with Crippen LogP contribution in [0.25, 0.3) is 0 Å². The highest BCUT2D eigenvalue weighted by molar-refractivity contribution is 5.77. The van der Waals surface area contributed by atoms with E-state index in [2.05, 4.69) is 0 Å². The van der Waals surface area contributed by atoms with Gasteiger partial charge in [-0.1, -0.05) is 30.3 Å². The molecular formula is C14H19NO4. The zero-order chi connectivity index (χ0) is 14.1. The first-order chi connectivity index (χ1) is 9.13. The summed E-state index contributed by atoms with van der Waals surface area (Å²) >= 11 is 0. The Morgan fingerprint density at radius 1 is 1.21 bits per heavy atom. The highest BCUT2D eigenvalue weighted by Crippen LogP contribution is 2.04. The van der Waals surface area contributed by atoms with Gasteiger partial charge in [0.25, 0.3) is 0 Å². The molecule has 0 spiro atoms. The lowest BCUT2D eigenvalue weighted by atomic mass is 10.2. The molecule has 1 unspecified atom stereocenters. The molecule has 0 heterocycles. The minimum atomic E-state index is -0.774. The van der Waals surface area contributed by atoms with Crippen LogP contribution in [0.15, 0.2) is 30.3 Å². The molecule has 0 aliphatic carbocycles. The standard InChI is InChI=1S/C14H19NO4/c1-2-18-14(17)12(15)8-9-13(16)19-10-11-6-4-3-5-7-11/h3-7,12H,2,8-10,15H2,1H3. The van der Waals surface area contributed by atoms with Crippen molar-refractivity contribution >= 4 is 11.9 Å². The Morgan fingerprint density at radius 2 is 1.89 bits per heavy atom. The Kier molecular flexibility index (Phi) is 6.60. The lowest BCUT2D eigenvalue weighted by Gasteiger charge is -2.10. The van der Waals surface area contributed by atoms with Crippen LogP contribution < -0.4 is 5.73 Å². The number of ether oxygens (including phenoxy) is 2. The third kappa shape index (κ3) is 6.01. The number of hydrogen-bond donors (Lipinski definition) is 1. The fourth-order valence-electron chi connectivity index (χ4n) is 1.45. The predicted octanol–water partition coefficient (Wildman–Crippen LogP) is 1.40. The predicted molar refractivity (Wildman–Crippen MR) is 70.1 cm³/mol. The van der Waals surface area contributed by atoms with Crippen LogP contribution >= 0.6 is 0 Å². The van der Waals surface area contributed by atoms with Gasteiger partial charge in [-0.3, -0.25) is 9.59 Å². The Labute approximate surface area is 112 Å². The molecule has 0 amide bonds. The molecule has 0 radical (unpaired) electrons. The van der Waals surface area contributed by atoms with E-state index < -0.39 is 12.0 Å². The molecule has 0 aliphatic heterocycles. The minimum absolute atomic E-state index is 0.104. The van der Waals surface area contributed by atoms with Crippen LogP contribution in [0, 0.1) is 0 Å². The van der Waals surface area contributed by atoms with Crippen molar-refractivity contribution in [1.82, 2.24) is 0 Å². The summed E-state index contributed by atoms with van der Waals surface area (Å²) in [6.07, 6.45) is 0.333. The van der Waals surface area contributed by atoms with Gasteiger partial charge in [0.1, 0.15) is 12.6 Å². The SMILES string of the molecule is CCOC(=O)C(N)CCC(=O)OCc1ccccc1. The quantitative estimate of drug-likeness (QED) is 0.754. The van der Waals surface area contributed by atoms with E-state index in [1.54, 1.807) is 6.92 Å². The van der Waals surface area contributed by atoms with Gasteiger partial charge in [-0.15, -0.1) is 0 Å². The molecule has 0 aliphatic rings. The van der Waals surface area contributed by atoms with Crippen molar-refractivity contribution in [3.63, 3.8) is 0 Å². The van der Waals surface area contributed by atoms with Gasteiger partial charge in [-0.05, 0) is 18.9 Å². The summed E-state index contributed by atoms with van der Waals surface area (Å²) in [5, 5.41) is 0. The molecule has 0 aromatic heterocycles. The highest BCUT2D eigenvalue weighted by atomic mass is 16.5. The van der Waals surface area contributed by atoms with Crippen molar-refractivity contribution in [2.45, 2.75) is 32.4 Å². The van der Waals surface area contributed by atoms with E-state index in [1.165, 1.54) is 0 Å². The smallest absolute Gasteiger partial charge is 0.322 e. The van der Waals surface area contributed by atoms with Crippen molar-refractivity contribution in [1.29, 1.82) is 0 Å². The Balaban J connectivity index is 2.23. The molecule has 5 nitrogen and oxygen atoms in total. The molecule has 0 fully saturated rings. The molecule has 1 aromatic rings.